The molecule has 1 saturated heterocycles. The van der Waals surface area contributed by atoms with Crippen LogP contribution in [0.3, 0.4) is 0 Å². The van der Waals surface area contributed by atoms with Gasteiger partial charge in [-0.3, -0.25) is 4.79 Å². The maximum atomic E-state index is 12.6. The van der Waals surface area contributed by atoms with E-state index in [1.807, 2.05) is 24.8 Å². The van der Waals surface area contributed by atoms with Gasteiger partial charge in [0.1, 0.15) is 5.82 Å². The van der Waals surface area contributed by atoms with Gasteiger partial charge in [0, 0.05) is 55.1 Å². The molecule has 0 spiro atoms. The number of anilines is 2. The van der Waals surface area contributed by atoms with E-state index in [-0.39, 0.29) is 5.91 Å². The maximum Gasteiger partial charge on any atom is 0.254 e. The second-order valence-electron chi connectivity index (χ2n) is 6.01. The van der Waals surface area contributed by atoms with E-state index in [4.69, 9.17) is 11.6 Å². The van der Waals surface area contributed by atoms with E-state index in [2.05, 4.69) is 20.2 Å². The van der Waals surface area contributed by atoms with Crippen LogP contribution in [0.4, 0.5) is 11.8 Å². The number of halogens is 1. The van der Waals surface area contributed by atoms with Gasteiger partial charge in [0.15, 0.2) is 0 Å². The van der Waals surface area contributed by atoms with Crippen molar-refractivity contribution in [3.8, 4) is 0 Å². The predicted molar refractivity (Wildman–Crippen MR) is 101 cm³/mol. The fraction of sp³-hybridized carbons (Fsp3) is 0.389. The van der Waals surface area contributed by atoms with E-state index in [1.165, 1.54) is 0 Å². The normalized spacial score (nSPS) is 14.5. The van der Waals surface area contributed by atoms with E-state index in [0.717, 1.165) is 18.1 Å². The number of nitrogens with one attached hydrogen (secondary N) is 1. The molecule has 1 N–H and O–H groups in total. The molecule has 0 aliphatic carbocycles. The molecule has 2 heterocycles. The first-order chi connectivity index (χ1) is 12.1. The fourth-order valence-electron chi connectivity index (χ4n) is 2.88. The molecule has 1 amide bonds. The first-order valence-corrected chi connectivity index (χ1v) is 8.84. The summed E-state index contributed by atoms with van der Waals surface area (Å²) in [5, 5.41) is 3.80. The van der Waals surface area contributed by atoms with Crippen molar-refractivity contribution >= 4 is 29.3 Å². The van der Waals surface area contributed by atoms with Gasteiger partial charge in [0.05, 0.1) is 0 Å². The Labute approximate surface area is 152 Å². The molecule has 1 aliphatic heterocycles. The molecule has 0 radical (unpaired) electrons. The van der Waals surface area contributed by atoms with Crippen molar-refractivity contribution in [3.63, 3.8) is 0 Å². The highest BCUT2D eigenvalue weighted by Gasteiger charge is 2.24. The molecule has 25 heavy (non-hydrogen) atoms. The second-order valence-corrected chi connectivity index (χ2v) is 6.45. The Morgan fingerprint density at radius 1 is 1.20 bits per heavy atom. The van der Waals surface area contributed by atoms with Crippen LogP contribution in [0.25, 0.3) is 0 Å². The third-order valence-corrected chi connectivity index (χ3v) is 4.36. The Bertz CT molecular complexity index is 759. The Hall–Kier alpha value is -2.34. The van der Waals surface area contributed by atoms with Gasteiger partial charge in [0.25, 0.3) is 5.91 Å². The van der Waals surface area contributed by atoms with Crippen molar-refractivity contribution in [1.82, 2.24) is 14.9 Å². The van der Waals surface area contributed by atoms with E-state index in [1.54, 1.807) is 24.3 Å². The highest BCUT2D eigenvalue weighted by molar-refractivity contribution is 6.30. The fourth-order valence-corrected chi connectivity index (χ4v) is 3.07. The Morgan fingerprint density at radius 3 is 2.64 bits per heavy atom. The molecule has 0 atom stereocenters. The standard InChI is InChI=1S/C18H22ClN5O/c1-3-20-16-11-13(2)21-18(22-16)24-9-7-23(8-10-24)17(25)14-5-4-6-15(19)12-14/h4-6,11-12H,3,7-10H2,1-2H3,(H,20,21,22). The number of hydrogen-bond acceptors (Lipinski definition) is 5. The third-order valence-electron chi connectivity index (χ3n) is 4.12. The zero-order valence-electron chi connectivity index (χ0n) is 14.5. The molecule has 7 heteroatoms. The zero-order valence-corrected chi connectivity index (χ0v) is 15.3. The molecule has 1 aromatic heterocycles. The lowest BCUT2D eigenvalue weighted by molar-refractivity contribution is 0.0746. The van der Waals surface area contributed by atoms with Crippen LogP contribution in [0, 0.1) is 6.92 Å². The van der Waals surface area contributed by atoms with Crippen LogP contribution >= 0.6 is 11.6 Å². The van der Waals surface area contributed by atoms with Crippen LogP contribution in [0.15, 0.2) is 30.3 Å². The average Bonchev–Trinajstić information content (AvgIpc) is 2.61. The minimum Gasteiger partial charge on any atom is -0.370 e. The van der Waals surface area contributed by atoms with E-state index >= 15 is 0 Å². The van der Waals surface area contributed by atoms with E-state index in [0.29, 0.717) is 42.7 Å². The van der Waals surface area contributed by atoms with Crippen molar-refractivity contribution in [1.29, 1.82) is 0 Å². The van der Waals surface area contributed by atoms with Gasteiger partial charge in [-0.15, -0.1) is 0 Å². The number of aromatic nitrogens is 2. The molecule has 0 bridgehead atoms. The monoisotopic (exact) mass is 359 g/mol. The summed E-state index contributed by atoms with van der Waals surface area (Å²) in [4.78, 5) is 25.7. The molecule has 6 nitrogen and oxygen atoms in total. The van der Waals surface area contributed by atoms with Crippen molar-refractivity contribution in [2.75, 3.05) is 42.9 Å². The molecule has 0 unspecified atom stereocenters. The van der Waals surface area contributed by atoms with Gasteiger partial charge >= 0.3 is 0 Å². The topological polar surface area (TPSA) is 61.4 Å². The molecular weight excluding hydrogens is 338 g/mol. The summed E-state index contributed by atoms with van der Waals surface area (Å²) in [5.41, 5.74) is 1.56. The Morgan fingerprint density at radius 2 is 1.96 bits per heavy atom. The van der Waals surface area contributed by atoms with Crippen LogP contribution in [-0.4, -0.2) is 53.5 Å². The third kappa shape index (κ3) is 4.20. The summed E-state index contributed by atoms with van der Waals surface area (Å²) in [6, 6.07) is 9.02. The minimum atomic E-state index is 0.0145. The molecule has 1 fully saturated rings. The van der Waals surface area contributed by atoms with Gasteiger partial charge in [0.2, 0.25) is 5.95 Å². The maximum absolute atomic E-state index is 12.6. The van der Waals surface area contributed by atoms with Crippen LogP contribution in [-0.2, 0) is 0 Å². The number of nitrogens with zero attached hydrogens (tertiary/aromatic N) is 4. The van der Waals surface area contributed by atoms with Gasteiger partial charge in [-0.1, -0.05) is 17.7 Å². The number of benzene rings is 1. The van der Waals surface area contributed by atoms with Crippen LogP contribution in [0.1, 0.15) is 23.0 Å². The van der Waals surface area contributed by atoms with Crippen LogP contribution in [0.5, 0.6) is 0 Å². The number of aryl methyl sites for hydroxylation is 1. The van der Waals surface area contributed by atoms with Crippen LogP contribution < -0.4 is 10.2 Å². The molecule has 132 valence electrons. The zero-order chi connectivity index (χ0) is 17.8. The lowest BCUT2D eigenvalue weighted by Gasteiger charge is -2.35. The highest BCUT2D eigenvalue weighted by Crippen LogP contribution is 2.18. The first-order valence-electron chi connectivity index (χ1n) is 8.46. The minimum absolute atomic E-state index is 0.0145. The number of hydrogen-bond donors (Lipinski definition) is 1. The lowest BCUT2D eigenvalue weighted by atomic mass is 10.2. The van der Waals surface area contributed by atoms with Crippen LogP contribution in [0.2, 0.25) is 5.02 Å². The van der Waals surface area contributed by atoms with Crippen molar-refractivity contribution in [2.45, 2.75) is 13.8 Å². The summed E-state index contributed by atoms with van der Waals surface area (Å²) >= 11 is 5.98. The number of carbonyl (C=O) groups is 1. The molecule has 1 aromatic carbocycles. The molecule has 3 rings (SSSR count). The number of carbonyl (C=O) groups excluding carboxylic acids is 1. The number of piperazine rings is 1. The highest BCUT2D eigenvalue weighted by atomic mass is 35.5. The van der Waals surface area contributed by atoms with Gasteiger partial charge in [-0.2, -0.15) is 4.98 Å². The summed E-state index contributed by atoms with van der Waals surface area (Å²) < 4.78 is 0. The Balaban J connectivity index is 1.66. The molecule has 1 aliphatic rings. The molecule has 2 aromatic rings. The van der Waals surface area contributed by atoms with E-state index in [9.17, 15) is 4.79 Å². The quantitative estimate of drug-likeness (QED) is 0.909. The Kier molecular flexibility index (Phi) is 5.38. The largest absolute Gasteiger partial charge is 0.370 e. The van der Waals surface area contributed by atoms with Gasteiger partial charge < -0.3 is 15.1 Å². The smallest absolute Gasteiger partial charge is 0.254 e. The van der Waals surface area contributed by atoms with Crippen molar-refractivity contribution in [3.05, 3.63) is 46.6 Å². The summed E-state index contributed by atoms with van der Waals surface area (Å²) in [7, 11) is 0. The summed E-state index contributed by atoms with van der Waals surface area (Å²) in [6.45, 7) is 7.51. The molecular formula is C18H22ClN5O. The number of amides is 1. The summed E-state index contributed by atoms with van der Waals surface area (Å²) in [6.07, 6.45) is 0. The van der Waals surface area contributed by atoms with Crippen molar-refractivity contribution in [2.24, 2.45) is 0 Å². The average molecular weight is 360 g/mol. The second kappa shape index (κ2) is 7.70. The number of rotatable bonds is 4. The summed E-state index contributed by atoms with van der Waals surface area (Å²) in [5.74, 6) is 1.56. The lowest BCUT2D eigenvalue weighted by Crippen LogP contribution is -2.49. The SMILES string of the molecule is CCNc1cc(C)nc(N2CCN(C(=O)c3cccc(Cl)c3)CC2)n1. The first kappa shape index (κ1) is 17.5. The van der Waals surface area contributed by atoms with Gasteiger partial charge in [-0.05, 0) is 32.0 Å². The molecule has 0 saturated carbocycles. The van der Waals surface area contributed by atoms with Crippen molar-refractivity contribution < 1.29 is 4.79 Å². The van der Waals surface area contributed by atoms with E-state index < -0.39 is 0 Å². The van der Waals surface area contributed by atoms with Gasteiger partial charge in [-0.25, -0.2) is 4.98 Å². The predicted octanol–water partition coefficient (Wildman–Crippen LogP) is 2.83.